The van der Waals surface area contributed by atoms with Gasteiger partial charge in [-0.2, -0.15) is 15.5 Å². The number of hydrogen-bond donors (Lipinski definition) is 0. The Morgan fingerprint density at radius 1 is 1.10 bits per heavy atom. The molecule has 1 aliphatic heterocycles. The van der Waals surface area contributed by atoms with E-state index in [9.17, 15) is 10.5 Å². The van der Waals surface area contributed by atoms with Gasteiger partial charge in [-0.15, -0.1) is 0 Å². The molecule has 0 unspecified atom stereocenters. The normalized spacial score (nSPS) is 14.5. The molecule has 31 heavy (non-hydrogen) atoms. The molecule has 7 nitrogen and oxygen atoms in total. The first-order valence-corrected chi connectivity index (χ1v) is 10.5. The Bertz CT molecular complexity index is 1160. The summed E-state index contributed by atoms with van der Waals surface area (Å²) in [6.07, 6.45) is 3.68. The summed E-state index contributed by atoms with van der Waals surface area (Å²) in [7, 11) is 0. The van der Waals surface area contributed by atoms with Crippen LogP contribution in [0.3, 0.4) is 0 Å². The lowest BCUT2D eigenvalue weighted by molar-refractivity contribution is 0.325. The summed E-state index contributed by atoms with van der Waals surface area (Å²) in [5, 5.41) is 22.8. The first-order chi connectivity index (χ1) is 15.0. The van der Waals surface area contributed by atoms with E-state index in [0.29, 0.717) is 11.1 Å². The van der Waals surface area contributed by atoms with Gasteiger partial charge in [0, 0.05) is 42.2 Å². The van der Waals surface area contributed by atoms with E-state index in [2.05, 4.69) is 46.0 Å². The van der Waals surface area contributed by atoms with E-state index in [-0.39, 0.29) is 11.8 Å². The zero-order valence-electron chi connectivity index (χ0n) is 18.0. The van der Waals surface area contributed by atoms with Crippen molar-refractivity contribution in [2.45, 2.75) is 45.4 Å². The standard InChI is InChI=1S/C24H24N6O/c1-15(2)23-28-24(31-29-23)17-6-8-30(9-7-17)22-5-4-18(14-27-22)21-10-16(3)19(12-25)11-20(21)13-26/h4-5,10-11,14-15,17H,6-9H2,1-3H3. The Labute approximate surface area is 182 Å². The molecule has 0 saturated carbocycles. The van der Waals surface area contributed by atoms with Gasteiger partial charge in [0.15, 0.2) is 5.82 Å². The molecular weight excluding hydrogens is 388 g/mol. The third-order valence-corrected chi connectivity index (χ3v) is 5.81. The highest BCUT2D eigenvalue weighted by atomic mass is 16.5. The van der Waals surface area contributed by atoms with E-state index in [0.717, 1.165) is 60.2 Å². The van der Waals surface area contributed by atoms with Crippen molar-refractivity contribution in [1.82, 2.24) is 15.1 Å². The molecule has 3 heterocycles. The summed E-state index contributed by atoms with van der Waals surface area (Å²) in [5.74, 6) is 2.98. The summed E-state index contributed by atoms with van der Waals surface area (Å²) in [6, 6.07) is 11.8. The van der Waals surface area contributed by atoms with Crippen LogP contribution in [0.15, 0.2) is 35.0 Å². The molecule has 0 spiro atoms. The predicted molar refractivity (Wildman–Crippen MR) is 116 cm³/mol. The molecule has 7 heteroatoms. The molecule has 0 amide bonds. The number of hydrogen-bond acceptors (Lipinski definition) is 7. The summed E-state index contributed by atoms with van der Waals surface area (Å²) < 4.78 is 5.48. The second-order valence-electron chi connectivity index (χ2n) is 8.25. The number of nitrogens with zero attached hydrogens (tertiary/aromatic N) is 6. The van der Waals surface area contributed by atoms with E-state index in [4.69, 9.17) is 4.52 Å². The van der Waals surface area contributed by atoms with Gasteiger partial charge in [-0.1, -0.05) is 19.0 Å². The molecular formula is C24H24N6O. The molecule has 0 aliphatic carbocycles. The van der Waals surface area contributed by atoms with Crippen molar-refractivity contribution in [3.63, 3.8) is 0 Å². The van der Waals surface area contributed by atoms with Crippen molar-refractivity contribution < 1.29 is 4.52 Å². The smallest absolute Gasteiger partial charge is 0.229 e. The van der Waals surface area contributed by atoms with Crippen LogP contribution in [0.1, 0.15) is 66.9 Å². The fraction of sp³-hybridized carbons (Fsp3) is 0.375. The minimum atomic E-state index is 0.266. The van der Waals surface area contributed by atoms with Crippen LogP contribution in [-0.4, -0.2) is 28.2 Å². The van der Waals surface area contributed by atoms with Crippen molar-refractivity contribution in [1.29, 1.82) is 10.5 Å². The van der Waals surface area contributed by atoms with Gasteiger partial charge < -0.3 is 9.42 Å². The van der Waals surface area contributed by atoms with Gasteiger partial charge in [-0.05, 0) is 49.6 Å². The topological polar surface area (TPSA) is 103 Å². The van der Waals surface area contributed by atoms with Gasteiger partial charge in [0.25, 0.3) is 0 Å². The van der Waals surface area contributed by atoms with Crippen LogP contribution in [0.4, 0.5) is 5.82 Å². The highest BCUT2D eigenvalue weighted by Gasteiger charge is 2.26. The van der Waals surface area contributed by atoms with Crippen molar-refractivity contribution >= 4 is 5.82 Å². The van der Waals surface area contributed by atoms with Crippen LogP contribution < -0.4 is 4.90 Å². The molecule has 1 aromatic carbocycles. The Kier molecular flexibility index (Phi) is 5.68. The van der Waals surface area contributed by atoms with E-state index in [1.807, 2.05) is 25.1 Å². The molecule has 0 radical (unpaired) electrons. The maximum Gasteiger partial charge on any atom is 0.229 e. The minimum Gasteiger partial charge on any atom is -0.357 e. The zero-order valence-corrected chi connectivity index (χ0v) is 18.0. The number of piperidine rings is 1. The lowest BCUT2D eigenvalue weighted by Crippen LogP contribution is -2.33. The van der Waals surface area contributed by atoms with Gasteiger partial charge in [-0.3, -0.25) is 0 Å². The summed E-state index contributed by atoms with van der Waals surface area (Å²) >= 11 is 0. The lowest BCUT2D eigenvalue weighted by atomic mass is 9.95. The highest BCUT2D eigenvalue weighted by Crippen LogP contribution is 2.31. The number of aromatic nitrogens is 3. The summed E-state index contributed by atoms with van der Waals surface area (Å²) in [5.41, 5.74) is 3.53. The van der Waals surface area contributed by atoms with Crippen LogP contribution in [-0.2, 0) is 0 Å². The second kappa shape index (κ2) is 8.57. The molecule has 0 bridgehead atoms. The maximum atomic E-state index is 9.49. The number of benzene rings is 1. The maximum absolute atomic E-state index is 9.49. The van der Waals surface area contributed by atoms with Crippen molar-refractivity contribution in [2.24, 2.45) is 0 Å². The van der Waals surface area contributed by atoms with Crippen LogP contribution in [0, 0.1) is 29.6 Å². The molecule has 4 rings (SSSR count). The Hall–Kier alpha value is -3.71. The molecule has 3 aromatic rings. The van der Waals surface area contributed by atoms with E-state index < -0.39 is 0 Å². The summed E-state index contributed by atoms with van der Waals surface area (Å²) in [6.45, 7) is 7.74. The first kappa shape index (κ1) is 20.6. The number of pyridine rings is 1. The SMILES string of the molecule is Cc1cc(-c2ccc(N3CCC(c4nc(C(C)C)no4)CC3)nc2)c(C#N)cc1C#N. The van der Waals surface area contributed by atoms with Gasteiger partial charge >= 0.3 is 0 Å². The Balaban J connectivity index is 1.47. The molecule has 2 aromatic heterocycles. The van der Waals surface area contributed by atoms with Crippen molar-refractivity contribution in [3.05, 3.63) is 58.9 Å². The fourth-order valence-electron chi connectivity index (χ4n) is 3.90. The first-order valence-electron chi connectivity index (χ1n) is 10.5. The minimum absolute atomic E-state index is 0.266. The van der Waals surface area contributed by atoms with E-state index in [1.54, 1.807) is 12.3 Å². The molecule has 0 N–H and O–H groups in total. The van der Waals surface area contributed by atoms with Crippen molar-refractivity contribution in [3.8, 4) is 23.3 Å². The number of aryl methyl sites for hydroxylation is 1. The third kappa shape index (κ3) is 4.13. The van der Waals surface area contributed by atoms with Crippen LogP contribution in [0.25, 0.3) is 11.1 Å². The summed E-state index contributed by atoms with van der Waals surface area (Å²) in [4.78, 5) is 11.5. The number of rotatable bonds is 4. The number of nitriles is 2. The number of anilines is 1. The molecule has 1 fully saturated rings. The van der Waals surface area contributed by atoms with E-state index in [1.165, 1.54) is 0 Å². The molecule has 1 saturated heterocycles. The average molecular weight is 412 g/mol. The molecule has 156 valence electrons. The zero-order chi connectivity index (χ0) is 22.0. The van der Waals surface area contributed by atoms with Gasteiger partial charge in [-0.25, -0.2) is 4.98 Å². The Morgan fingerprint density at radius 3 is 2.42 bits per heavy atom. The predicted octanol–water partition coefficient (Wildman–Crippen LogP) is 4.69. The highest BCUT2D eigenvalue weighted by molar-refractivity contribution is 5.73. The lowest BCUT2D eigenvalue weighted by Gasteiger charge is -2.31. The van der Waals surface area contributed by atoms with Crippen LogP contribution in [0.5, 0.6) is 0 Å². The van der Waals surface area contributed by atoms with Crippen LogP contribution >= 0.6 is 0 Å². The quantitative estimate of drug-likeness (QED) is 0.612. The molecule has 0 atom stereocenters. The van der Waals surface area contributed by atoms with Gasteiger partial charge in [0.05, 0.1) is 23.3 Å². The van der Waals surface area contributed by atoms with Crippen molar-refractivity contribution in [2.75, 3.05) is 18.0 Å². The third-order valence-electron chi connectivity index (χ3n) is 5.81. The monoisotopic (exact) mass is 412 g/mol. The fourth-order valence-corrected chi connectivity index (χ4v) is 3.90. The van der Waals surface area contributed by atoms with Gasteiger partial charge in [0.1, 0.15) is 5.82 Å². The largest absolute Gasteiger partial charge is 0.357 e. The van der Waals surface area contributed by atoms with E-state index >= 15 is 0 Å². The second-order valence-corrected chi connectivity index (χ2v) is 8.25. The molecule has 1 aliphatic rings. The average Bonchev–Trinajstić information content (AvgIpc) is 3.30. The van der Waals surface area contributed by atoms with Crippen LogP contribution in [0.2, 0.25) is 0 Å². The Morgan fingerprint density at radius 2 is 1.84 bits per heavy atom. The van der Waals surface area contributed by atoms with Gasteiger partial charge in [0.2, 0.25) is 5.89 Å².